The summed E-state index contributed by atoms with van der Waals surface area (Å²) in [7, 11) is 0. The van der Waals surface area contributed by atoms with E-state index in [1.165, 1.54) is 17.1 Å². The van der Waals surface area contributed by atoms with E-state index in [0.717, 1.165) is 50.5 Å². The third kappa shape index (κ3) is 4.73. The SMILES string of the molecule is Nc1nc(Nc2ccc(N3CCOCC3)cc2F)n(-c2cc(N3CCC(CO)CC3)ncn2)n1. The second kappa shape index (κ2) is 9.77. The Kier molecular flexibility index (Phi) is 6.41. The van der Waals surface area contributed by atoms with Gasteiger partial charge in [-0.1, -0.05) is 0 Å². The minimum Gasteiger partial charge on any atom is -0.396 e. The van der Waals surface area contributed by atoms with Gasteiger partial charge in [-0.15, -0.1) is 5.10 Å². The number of halogens is 1. The Balaban J connectivity index is 1.36. The second-order valence-electron chi connectivity index (χ2n) is 8.44. The number of nitrogens with one attached hydrogen (secondary N) is 1. The predicted molar refractivity (Wildman–Crippen MR) is 126 cm³/mol. The molecule has 11 nitrogen and oxygen atoms in total. The van der Waals surface area contributed by atoms with Crippen LogP contribution in [0, 0.1) is 11.7 Å². The summed E-state index contributed by atoms with van der Waals surface area (Å²) in [4.78, 5) is 17.2. The van der Waals surface area contributed by atoms with Gasteiger partial charge in [-0.3, -0.25) is 0 Å². The van der Waals surface area contributed by atoms with Crippen molar-refractivity contribution in [1.82, 2.24) is 24.7 Å². The van der Waals surface area contributed by atoms with Crippen molar-refractivity contribution in [1.29, 1.82) is 0 Å². The molecule has 0 aliphatic carbocycles. The van der Waals surface area contributed by atoms with Gasteiger partial charge in [-0.2, -0.15) is 9.67 Å². The monoisotopic (exact) mass is 469 g/mol. The number of hydrogen-bond donors (Lipinski definition) is 3. The zero-order chi connectivity index (χ0) is 23.5. The fraction of sp³-hybridized carbons (Fsp3) is 0.455. The highest BCUT2D eigenvalue weighted by molar-refractivity contribution is 5.62. The number of aliphatic hydroxyl groups excluding tert-OH is 1. The number of anilines is 5. The topological polar surface area (TPSA) is 130 Å². The van der Waals surface area contributed by atoms with Gasteiger partial charge < -0.3 is 30.7 Å². The van der Waals surface area contributed by atoms with E-state index in [2.05, 4.69) is 35.2 Å². The lowest BCUT2D eigenvalue weighted by Crippen LogP contribution is -2.36. The van der Waals surface area contributed by atoms with Crippen LogP contribution in [0.1, 0.15) is 12.8 Å². The molecule has 2 saturated heterocycles. The van der Waals surface area contributed by atoms with Gasteiger partial charge >= 0.3 is 0 Å². The summed E-state index contributed by atoms with van der Waals surface area (Å²) in [5.41, 5.74) is 6.93. The van der Waals surface area contributed by atoms with Crippen molar-refractivity contribution in [3.05, 3.63) is 36.4 Å². The molecule has 180 valence electrons. The molecule has 0 radical (unpaired) electrons. The van der Waals surface area contributed by atoms with E-state index in [-0.39, 0.29) is 24.2 Å². The Morgan fingerprint density at radius 2 is 1.82 bits per heavy atom. The van der Waals surface area contributed by atoms with Crippen LogP contribution >= 0.6 is 0 Å². The third-order valence-corrected chi connectivity index (χ3v) is 6.25. The van der Waals surface area contributed by atoms with Crippen LogP contribution in [-0.4, -0.2) is 75.8 Å². The summed E-state index contributed by atoms with van der Waals surface area (Å²) in [5.74, 6) is 1.42. The molecule has 0 saturated carbocycles. The van der Waals surface area contributed by atoms with E-state index in [1.807, 2.05) is 6.07 Å². The molecule has 4 heterocycles. The zero-order valence-electron chi connectivity index (χ0n) is 18.8. The van der Waals surface area contributed by atoms with E-state index in [0.29, 0.717) is 24.9 Å². The Morgan fingerprint density at radius 1 is 1.06 bits per heavy atom. The lowest BCUT2D eigenvalue weighted by Gasteiger charge is -2.31. The van der Waals surface area contributed by atoms with Crippen LogP contribution in [0.5, 0.6) is 0 Å². The fourth-order valence-electron chi connectivity index (χ4n) is 4.28. The molecule has 2 fully saturated rings. The summed E-state index contributed by atoms with van der Waals surface area (Å²) in [6, 6.07) is 6.83. The molecule has 4 N–H and O–H groups in total. The molecule has 2 aromatic heterocycles. The van der Waals surface area contributed by atoms with Gasteiger partial charge in [0.15, 0.2) is 5.82 Å². The number of nitrogen functional groups attached to an aromatic ring is 1. The highest BCUT2D eigenvalue weighted by Gasteiger charge is 2.21. The number of ether oxygens (including phenoxy) is 1. The molecular weight excluding hydrogens is 441 g/mol. The lowest BCUT2D eigenvalue weighted by molar-refractivity contribution is 0.122. The van der Waals surface area contributed by atoms with Gasteiger partial charge in [0.2, 0.25) is 11.9 Å². The van der Waals surface area contributed by atoms with Crippen LogP contribution in [-0.2, 0) is 4.74 Å². The van der Waals surface area contributed by atoms with Gasteiger partial charge in [0.1, 0.15) is 18.0 Å². The minimum atomic E-state index is -0.410. The van der Waals surface area contributed by atoms with E-state index in [1.54, 1.807) is 12.1 Å². The number of nitrogens with zero attached hydrogens (tertiary/aromatic N) is 7. The van der Waals surface area contributed by atoms with Gasteiger partial charge in [-0.05, 0) is 37.0 Å². The van der Waals surface area contributed by atoms with Crippen molar-refractivity contribution in [2.24, 2.45) is 5.92 Å². The maximum absolute atomic E-state index is 14.9. The van der Waals surface area contributed by atoms with Gasteiger partial charge in [-0.25, -0.2) is 14.4 Å². The van der Waals surface area contributed by atoms with Crippen LogP contribution in [0.2, 0.25) is 0 Å². The smallest absolute Gasteiger partial charge is 0.241 e. The molecule has 34 heavy (non-hydrogen) atoms. The first-order valence-corrected chi connectivity index (χ1v) is 11.4. The molecule has 5 rings (SSSR count). The Hall–Kier alpha value is -3.51. The number of hydrogen-bond acceptors (Lipinski definition) is 10. The maximum atomic E-state index is 14.9. The molecule has 0 spiro atoms. The van der Waals surface area contributed by atoms with E-state index >= 15 is 0 Å². The van der Waals surface area contributed by atoms with Gasteiger partial charge in [0, 0.05) is 44.5 Å². The third-order valence-electron chi connectivity index (χ3n) is 6.25. The van der Waals surface area contributed by atoms with Crippen LogP contribution in [0.25, 0.3) is 5.82 Å². The molecule has 3 aromatic rings. The number of morpholine rings is 1. The summed E-state index contributed by atoms with van der Waals surface area (Å²) < 4.78 is 21.7. The van der Waals surface area contributed by atoms with Crippen LogP contribution in [0.4, 0.5) is 33.5 Å². The first-order chi connectivity index (χ1) is 16.6. The Bertz CT molecular complexity index is 1130. The lowest BCUT2D eigenvalue weighted by atomic mass is 9.98. The highest BCUT2D eigenvalue weighted by atomic mass is 19.1. The normalized spacial score (nSPS) is 17.2. The van der Waals surface area contributed by atoms with Crippen molar-refractivity contribution >= 4 is 29.1 Å². The number of nitrogens with two attached hydrogens (primary N) is 1. The van der Waals surface area contributed by atoms with Crippen LogP contribution in [0.15, 0.2) is 30.6 Å². The molecule has 1 aromatic carbocycles. The number of aliphatic hydroxyl groups is 1. The average Bonchev–Trinajstić information content (AvgIpc) is 3.26. The van der Waals surface area contributed by atoms with Crippen molar-refractivity contribution in [2.75, 3.05) is 66.8 Å². The van der Waals surface area contributed by atoms with E-state index in [9.17, 15) is 9.50 Å². The molecule has 0 bridgehead atoms. The number of piperidine rings is 1. The first kappa shape index (κ1) is 22.3. The van der Waals surface area contributed by atoms with Crippen molar-refractivity contribution in [3.8, 4) is 5.82 Å². The maximum Gasteiger partial charge on any atom is 0.241 e. The van der Waals surface area contributed by atoms with E-state index in [4.69, 9.17) is 10.5 Å². The van der Waals surface area contributed by atoms with Crippen LogP contribution < -0.4 is 20.9 Å². The van der Waals surface area contributed by atoms with Crippen LogP contribution in [0.3, 0.4) is 0 Å². The molecule has 2 aliphatic rings. The second-order valence-corrected chi connectivity index (χ2v) is 8.44. The number of benzene rings is 1. The summed E-state index contributed by atoms with van der Waals surface area (Å²) in [6.07, 6.45) is 3.26. The molecule has 2 aliphatic heterocycles. The largest absolute Gasteiger partial charge is 0.396 e. The molecule has 12 heteroatoms. The summed E-state index contributed by atoms with van der Waals surface area (Å²) >= 11 is 0. The number of aromatic nitrogens is 5. The predicted octanol–water partition coefficient (Wildman–Crippen LogP) is 1.57. The molecular formula is C22H28FN9O2. The van der Waals surface area contributed by atoms with Gasteiger partial charge in [0.25, 0.3) is 0 Å². The fourth-order valence-corrected chi connectivity index (χ4v) is 4.28. The highest BCUT2D eigenvalue weighted by Crippen LogP contribution is 2.27. The Labute approximate surface area is 196 Å². The van der Waals surface area contributed by atoms with Crippen molar-refractivity contribution < 1.29 is 14.2 Å². The van der Waals surface area contributed by atoms with Crippen molar-refractivity contribution in [3.63, 3.8) is 0 Å². The van der Waals surface area contributed by atoms with Crippen molar-refractivity contribution in [2.45, 2.75) is 12.8 Å². The zero-order valence-corrected chi connectivity index (χ0v) is 18.8. The summed E-state index contributed by atoms with van der Waals surface area (Å²) in [6.45, 7) is 4.52. The standard InChI is InChI=1S/C22H28FN9O2/c23-17-11-16(30-7-9-34-10-8-30)1-2-18(17)27-22-28-21(24)29-32(22)20-12-19(25-14-26-20)31-5-3-15(13-33)4-6-31/h1-2,11-12,14-15,33H,3-10,13H2,(H3,24,27,28,29). The molecule has 0 atom stereocenters. The average molecular weight is 470 g/mol. The first-order valence-electron chi connectivity index (χ1n) is 11.4. The minimum absolute atomic E-state index is 0.0387. The van der Waals surface area contributed by atoms with Gasteiger partial charge in [0.05, 0.1) is 18.9 Å². The summed E-state index contributed by atoms with van der Waals surface area (Å²) in [5, 5.41) is 16.6. The van der Waals surface area contributed by atoms with E-state index < -0.39 is 5.82 Å². The Morgan fingerprint density at radius 3 is 2.56 bits per heavy atom. The number of rotatable bonds is 6. The quantitative estimate of drug-likeness (QED) is 0.489. The molecule has 0 amide bonds. The molecule has 0 unspecified atom stereocenters.